The van der Waals surface area contributed by atoms with Crippen molar-refractivity contribution in [2.45, 2.75) is 34.1 Å². The van der Waals surface area contributed by atoms with E-state index in [-0.39, 0.29) is 11.4 Å². The summed E-state index contributed by atoms with van der Waals surface area (Å²) in [5, 5.41) is 2.05. The topological polar surface area (TPSA) is 26.3 Å². The van der Waals surface area contributed by atoms with E-state index >= 15 is 0 Å². The number of hydrogen-bond acceptors (Lipinski definition) is 3. The summed E-state index contributed by atoms with van der Waals surface area (Å²) >= 11 is 1.65. The molecule has 14 heavy (non-hydrogen) atoms. The Morgan fingerprint density at radius 1 is 1.43 bits per heavy atom. The molecule has 0 heterocycles. The summed E-state index contributed by atoms with van der Waals surface area (Å²) in [6.45, 7) is 8.74. The zero-order valence-electron chi connectivity index (χ0n) is 9.50. The predicted molar refractivity (Wildman–Crippen MR) is 62.3 cm³/mol. The second-order valence-electron chi connectivity index (χ2n) is 4.09. The van der Waals surface area contributed by atoms with Crippen molar-refractivity contribution in [2.75, 3.05) is 12.4 Å². The third-order valence-electron chi connectivity index (χ3n) is 1.39. The van der Waals surface area contributed by atoms with Gasteiger partial charge in [0.1, 0.15) is 0 Å². The molecule has 0 aliphatic carbocycles. The molecular formula is C11H20O2S. The van der Waals surface area contributed by atoms with Gasteiger partial charge in [-0.15, -0.1) is 11.8 Å². The van der Waals surface area contributed by atoms with Crippen molar-refractivity contribution < 1.29 is 9.53 Å². The van der Waals surface area contributed by atoms with Crippen LogP contribution in [0.3, 0.4) is 0 Å². The maximum atomic E-state index is 10.9. The third-order valence-corrected chi connectivity index (χ3v) is 2.16. The quantitative estimate of drug-likeness (QED) is 0.521. The summed E-state index contributed by atoms with van der Waals surface area (Å²) in [6, 6.07) is 0. The van der Waals surface area contributed by atoms with Gasteiger partial charge in [-0.2, -0.15) is 0 Å². The summed E-state index contributed by atoms with van der Waals surface area (Å²) < 4.78 is 4.81. The number of allylic oxidation sites excluding steroid dienone is 1. The van der Waals surface area contributed by atoms with E-state index in [1.807, 2.05) is 6.92 Å². The third kappa shape index (κ3) is 9.65. The number of hydrogen-bond donors (Lipinski definition) is 0. The Hall–Kier alpha value is -0.440. The lowest BCUT2D eigenvalue weighted by molar-refractivity contribution is -0.142. The number of esters is 1. The van der Waals surface area contributed by atoms with Crippen LogP contribution in [0.5, 0.6) is 0 Å². The molecule has 0 aliphatic heterocycles. The van der Waals surface area contributed by atoms with Crippen LogP contribution < -0.4 is 0 Å². The van der Waals surface area contributed by atoms with Crippen molar-refractivity contribution in [3.8, 4) is 0 Å². The van der Waals surface area contributed by atoms with Crippen LogP contribution in [-0.2, 0) is 9.53 Å². The predicted octanol–water partition coefficient (Wildman–Crippen LogP) is 3.23. The summed E-state index contributed by atoms with van der Waals surface area (Å²) in [5.74, 6) is 0.690. The van der Waals surface area contributed by atoms with E-state index in [4.69, 9.17) is 4.74 Å². The Bertz CT molecular complexity index is 192. The maximum Gasteiger partial charge on any atom is 0.306 e. The number of carbonyl (C=O) groups is 1. The first-order valence-corrected chi connectivity index (χ1v) is 5.95. The van der Waals surface area contributed by atoms with Crippen molar-refractivity contribution in [3.05, 3.63) is 11.5 Å². The Balaban J connectivity index is 3.47. The van der Waals surface area contributed by atoms with Crippen LogP contribution in [0.4, 0.5) is 0 Å². The molecule has 0 radical (unpaired) electrons. The van der Waals surface area contributed by atoms with E-state index in [0.717, 1.165) is 5.75 Å². The highest BCUT2D eigenvalue weighted by Crippen LogP contribution is 2.17. The minimum absolute atomic E-state index is 0.107. The molecule has 0 fully saturated rings. The summed E-state index contributed by atoms with van der Waals surface area (Å²) in [4.78, 5) is 10.9. The normalized spacial score (nSPS) is 12.0. The molecule has 0 aromatic heterocycles. The molecule has 0 atom stereocenters. The SMILES string of the molecule is CCOC(=O)CCS/C=C/C(C)(C)C. The molecule has 0 aliphatic rings. The highest BCUT2D eigenvalue weighted by Gasteiger charge is 2.03. The number of rotatable bonds is 5. The van der Waals surface area contributed by atoms with Crippen LogP contribution in [0.15, 0.2) is 11.5 Å². The molecule has 0 saturated heterocycles. The Morgan fingerprint density at radius 3 is 2.57 bits per heavy atom. The van der Waals surface area contributed by atoms with Gasteiger partial charge in [-0.1, -0.05) is 26.8 Å². The summed E-state index contributed by atoms with van der Waals surface area (Å²) in [7, 11) is 0. The van der Waals surface area contributed by atoms with Crippen LogP contribution in [0, 0.1) is 5.41 Å². The van der Waals surface area contributed by atoms with Crippen LogP contribution in [0.1, 0.15) is 34.1 Å². The molecule has 82 valence electrons. The smallest absolute Gasteiger partial charge is 0.306 e. The standard InChI is InChI=1S/C11H20O2S/c1-5-13-10(12)6-8-14-9-7-11(2,3)4/h7,9H,5-6,8H2,1-4H3/b9-7+. The fraction of sp³-hybridized carbons (Fsp3) is 0.727. The molecule has 0 rings (SSSR count). The van der Waals surface area contributed by atoms with Gasteiger partial charge >= 0.3 is 5.97 Å². The Morgan fingerprint density at radius 2 is 2.07 bits per heavy atom. The fourth-order valence-corrected chi connectivity index (χ4v) is 1.62. The molecule has 0 bridgehead atoms. The minimum atomic E-state index is -0.107. The number of thioether (sulfide) groups is 1. The van der Waals surface area contributed by atoms with Crippen molar-refractivity contribution in [1.82, 2.24) is 0 Å². The highest BCUT2D eigenvalue weighted by atomic mass is 32.2. The second kappa shape index (κ2) is 6.93. The van der Waals surface area contributed by atoms with Crippen molar-refractivity contribution >= 4 is 17.7 Å². The number of carbonyl (C=O) groups excluding carboxylic acids is 1. The number of ether oxygens (including phenoxy) is 1. The van der Waals surface area contributed by atoms with Gasteiger partial charge in [0.25, 0.3) is 0 Å². The summed E-state index contributed by atoms with van der Waals surface area (Å²) in [5.41, 5.74) is 0.219. The van der Waals surface area contributed by atoms with Gasteiger partial charge in [-0.05, 0) is 17.7 Å². The van der Waals surface area contributed by atoms with Crippen LogP contribution in [0.25, 0.3) is 0 Å². The molecule has 0 amide bonds. The Labute approximate surface area is 91.1 Å². The Kier molecular flexibility index (Phi) is 6.71. The first kappa shape index (κ1) is 13.6. The average molecular weight is 216 g/mol. The molecule has 0 spiro atoms. The van der Waals surface area contributed by atoms with Gasteiger partial charge in [0.2, 0.25) is 0 Å². The van der Waals surface area contributed by atoms with Crippen LogP contribution >= 0.6 is 11.8 Å². The maximum absolute atomic E-state index is 10.9. The molecule has 0 aromatic carbocycles. The largest absolute Gasteiger partial charge is 0.466 e. The summed E-state index contributed by atoms with van der Waals surface area (Å²) in [6.07, 6.45) is 2.63. The lowest BCUT2D eigenvalue weighted by Crippen LogP contribution is -2.04. The lowest BCUT2D eigenvalue weighted by atomic mass is 9.98. The molecular weight excluding hydrogens is 196 g/mol. The lowest BCUT2D eigenvalue weighted by Gasteiger charge is -2.10. The van der Waals surface area contributed by atoms with Gasteiger partial charge in [-0.3, -0.25) is 4.79 Å². The average Bonchev–Trinajstić information content (AvgIpc) is 2.02. The van der Waals surface area contributed by atoms with Crippen molar-refractivity contribution in [3.63, 3.8) is 0 Å². The van der Waals surface area contributed by atoms with Gasteiger partial charge in [0.05, 0.1) is 13.0 Å². The van der Waals surface area contributed by atoms with Crippen molar-refractivity contribution in [1.29, 1.82) is 0 Å². The van der Waals surface area contributed by atoms with Gasteiger partial charge in [-0.25, -0.2) is 0 Å². The van der Waals surface area contributed by atoms with E-state index in [2.05, 4.69) is 32.3 Å². The zero-order valence-corrected chi connectivity index (χ0v) is 10.3. The van der Waals surface area contributed by atoms with Crippen LogP contribution in [-0.4, -0.2) is 18.3 Å². The van der Waals surface area contributed by atoms with E-state index in [9.17, 15) is 4.79 Å². The highest BCUT2D eigenvalue weighted by molar-refractivity contribution is 8.02. The first-order chi connectivity index (χ1) is 6.45. The molecule has 0 saturated carbocycles. The van der Waals surface area contributed by atoms with E-state index in [1.54, 1.807) is 11.8 Å². The van der Waals surface area contributed by atoms with Gasteiger partial charge in [0.15, 0.2) is 0 Å². The first-order valence-electron chi connectivity index (χ1n) is 4.90. The fourth-order valence-electron chi connectivity index (χ4n) is 0.696. The molecule has 0 unspecified atom stereocenters. The van der Waals surface area contributed by atoms with Crippen molar-refractivity contribution in [2.24, 2.45) is 5.41 Å². The molecule has 0 N–H and O–H groups in total. The molecule has 0 aromatic rings. The molecule has 3 heteroatoms. The van der Waals surface area contributed by atoms with E-state index < -0.39 is 0 Å². The van der Waals surface area contributed by atoms with Crippen LogP contribution in [0.2, 0.25) is 0 Å². The minimum Gasteiger partial charge on any atom is -0.466 e. The molecule has 2 nitrogen and oxygen atoms in total. The van der Waals surface area contributed by atoms with Gasteiger partial charge < -0.3 is 4.74 Å². The second-order valence-corrected chi connectivity index (χ2v) is 5.11. The zero-order chi connectivity index (χ0) is 11.0. The van der Waals surface area contributed by atoms with E-state index in [1.165, 1.54) is 0 Å². The monoisotopic (exact) mass is 216 g/mol. The van der Waals surface area contributed by atoms with Gasteiger partial charge in [0, 0.05) is 5.75 Å². The van der Waals surface area contributed by atoms with E-state index in [0.29, 0.717) is 13.0 Å².